The lowest BCUT2D eigenvalue weighted by molar-refractivity contribution is -0.115. The number of amides is 1. The van der Waals surface area contributed by atoms with Crippen molar-refractivity contribution in [2.45, 2.75) is 38.9 Å². The Bertz CT molecular complexity index is 409. The summed E-state index contributed by atoms with van der Waals surface area (Å²) < 4.78 is 1.19. The maximum absolute atomic E-state index is 12.0. The van der Waals surface area contributed by atoms with Crippen LogP contribution in [0.5, 0.6) is 0 Å². The summed E-state index contributed by atoms with van der Waals surface area (Å²) >= 11 is 4.00. The minimum atomic E-state index is 0.00947. The predicted octanol–water partition coefficient (Wildman–Crippen LogP) is 4.46. The average Bonchev–Trinajstić information content (AvgIpc) is 2.32. The van der Waals surface area contributed by atoms with Crippen LogP contribution in [0.4, 0.5) is 5.69 Å². The van der Waals surface area contributed by atoms with Gasteiger partial charge in [0.1, 0.15) is 0 Å². The second-order valence-electron chi connectivity index (χ2n) is 4.32. The van der Waals surface area contributed by atoms with Crippen molar-refractivity contribution in [2.75, 3.05) is 11.1 Å². The van der Waals surface area contributed by atoms with Gasteiger partial charge in [0.05, 0.1) is 5.25 Å². The number of carbonyl (C=O) groups excluding carboxylic acids is 1. The molecule has 1 rings (SSSR count). The highest BCUT2D eigenvalue weighted by molar-refractivity contribution is 14.1. The molecule has 0 aromatic heterocycles. The molecule has 1 aromatic carbocycles. The molecule has 1 atom stereocenters. The molecule has 0 heterocycles. The van der Waals surface area contributed by atoms with Gasteiger partial charge in [-0.15, -0.1) is 11.8 Å². The van der Waals surface area contributed by atoms with Gasteiger partial charge < -0.3 is 5.32 Å². The number of aryl methyl sites for hydroxylation is 1. The highest BCUT2D eigenvalue weighted by Crippen LogP contribution is 2.20. The molecule has 0 saturated carbocycles. The van der Waals surface area contributed by atoms with Crippen molar-refractivity contribution in [3.8, 4) is 0 Å². The van der Waals surface area contributed by atoms with Crippen molar-refractivity contribution in [1.29, 1.82) is 0 Å². The van der Waals surface area contributed by atoms with Crippen molar-refractivity contribution >= 4 is 45.9 Å². The van der Waals surface area contributed by atoms with Gasteiger partial charge in [-0.2, -0.15) is 0 Å². The number of halogens is 1. The quantitative estimate of drug-likeness (QED) is 0.586. The van der Waals surface area contributed by atoms with Gasteiger partial charge in [0.2, 0.25) is 5.91 Å². The number of anilines is 1. The zero-order valence-electron chi connectivity index (χ0n) is 11.1. The van der Waals surface area contributed by atoms with Crippen molar-refractivity contribution < 1.29 is 4.79 Å². The Hall–Kier alpha value is -0.230. The van der Waals surface area contributed by atoms with Crippen molar-refractivity contribution in [3.05, 3.63) is 27.3 Å². The highest BCUT2D eigenvalue weighted by Gasteiger charge is 2.13. The molecule has 1 unspecified atom stereocenters. The van der Waals surface area contributed by atoms with Crippen molar-refractivity contribution in [1.82, 2.24) is 0 Å². The van der Waals surface area contributed by atoms with Gasteiger partial charge in [-0.3, -0.25) is 4.79 Å². The number of rotatable bonds is 6. The lowest BCUT2D eigenvalue weighted by atomic mass is 10.2. The van der Waals surface area contributed by atoms with Crippen LogP contribution in [-0.2, 0) is 4.79 Å². The highest BCUT2D eigenvalue weighted by atomic mass is 127. The van der Waals surface area contributed by atoms with Crippen molar-refractivity contribution in [2.24, 2.45) is 0 Å². The SMILES string of the molecule is CCCCSC(C)C(=O)Nc1ccc(I)cc1C. The molecule has 0 saturated heterocycles. The van der Waals surface area contributed by atoms with E-state index in [0.29, 0.717) is 0 Å². The maximum Gasteiger partial charge on any atom is 0.237 e. The van der Waals surface area contributed by atoms with Crippen LogP contribution in [0.3, 0.4) is 0 Å². The number of benzene rings is 1. The smallest absolute Gasteiger partial charge is 0.237 e. The molecule has 0 fully saturated rings. The van der Waals surface area contributed by atoms with Gasteiger partial charge in [0.15, 0.2) is 0 Å². The third-order valence-corrected chi connectivity index (χ3v) is 4.59. The molecule has 0 aliphatic carbocycles. The Kier molecular flexibility index (Phi) is 7.07. The maximum atomic E-state index is 12.0. The van der Waals surface area contributed by atoms with E-state index in [9.17, 15) is 4.79 Å². The van der Waals surface area contributed by atoms with Crippen LogP contribution in [0, 0.1) is 10.5 Å². The van der Waals surface area contributed by atoms with Gasteiger partial charge in [-0.1, -0.05) is 13.3 Å². The zero-order chi connectivity index (χ0) is 13.5. The average molecular weight is 377 g/mol. The Morgan fingerprint density at radius 1 is 1.50 bits per heavy atom. The fourth-order valence-corrected chi connectivity index (χ4v) is 3.15. The summed E-state index contributed by atoms with van der Waals surface area (Å²) in [5, 5.41) is 3.01. The van der Waals surface area contributed by atoms with Crippen molar-refractivity contribution in [3.63, 3.8) is 0 Å². The fraction of sp³-hybridized carbons (Fsp3) is 0.500. The molecule has 100 valence electrons. The van der Waals surface area contributed by atoms with E-state index < -0.39 is 0 Å². The molecule has 0 aliphatic heterocycles. The Labute approximate surface area is 127 Å². The van der Waals surface area contributed by atoms with Gasteiger partial charge in [-0.25, -0.2) is 0 Å². The first-order valence-electron chi connectivity index (χ1n) is 6.23. The molecule has 0 bridgehead atoms. The molecule has 0 spiro atoms. The summed E-state index contributed by atoms with van der Waals surface area (Å²) in [5.74, 6) is 1.15. The fourth-order valence-electron chi connectivity index (χ4n) is 1.48. The van der Waals surface area contributed by atoms with E-state index in [0.717, 1.165) is 17.0 Å². The molecule has 4 heteroatoms. The van der Waals surface area contributed by atoms with Gasteiger partial charge in [0.25, 0.3) is 0 Å². The van der Waals surface area contributed by atoms with E-state index in [4.69, 9.17) is 0 Å². The summed E-state index contributed by atoms with van der Waals surface area (Å²) in [4.78, 5) is 12.0. The summed E-state index contributed by atoms with van der Waals surface area (Å²) in [7, 11) is 0. The van der Waals surface area contributed by atoms with Gasteiger partial charge in [0, 0.05) is 9.26 Å². The molecule has 18 heavy (non-hydrogen) atoms. The molecule has 0 aliphatic rings. The number of unbranched alkanes of at least 4 members (excludes halogenated alkanes) is 1. The molecular weight excluding hydrogens is 357 g/mol. The first-order valence-corrected chi connectivity index (χ1v) is 8.36. The molecular formula is C14H20INOS. The van der Waals surface area contributed by atoms with E-state index in [1.165, 1.54) is 16.4 Å². The standard InChI is InChI=1S/C14H20INOS/c1-4-5-8-18-11(3)14(17)16-13-7-6-12(15)9-10(13)2/h6-7,9,11H,4-5,8H2,1-3H3,(H,16,17). The zero-order valence-corrected chi connectivity index (χ0v) is 14.1. The van der Waals surface area contributed by atoms with Gasteiger partial charge in [-0.05, 0) is 72.4 Å². The Balaban J connectivity index is 2.53. The van der Waals surface area contributed by atoms with Crippen LogP contribution in [0.25, 0.3) is 0 Å². The molecule has 0 radical (unpaired) electrons. The Morgan fingerprint density at radius 2 is 2.22 bits per heavy atom. The third kappa shape index (κ3) is 5.18. The minimum absolute atomic E-state index is 0.00947. The lowest BCUT2D eigenvalue weighted by Gasteiger charge is -2.13. The number of hydrogen-bond acceptors (Lipinski definition) is 2. The predicted molar refractivity (Wildman–Crippen MR) is 89.4 cm³/mol. The molecule has 1 amide bonds. The van der Waals surface area contributed by atoms with Crippen LogP contribution in [0.2, 0.25) is 0 Å². The van der Waals surface area contributed by atoms with E-state index in [1.54, 1.807) is 11.8 Å². The lowest BCUT2D eigenvalue weighted by Crippen LogP contribution is -2.23. The second kappa shape index (κ2) is 8.04. The normalized spacial score (nSPS) is 12.2. The summed E-state index contributed by atoms with van der Waals surface area (Å²) in [5.41, 5.74) is 2.03. The molecule has 2 nitrogen and oxygen atoms in total. The van der Waals surface area contributed by atoms with Crippen LogP contribution in [0.1, 0.15) is 32.3 Å². The second-order valence-corrected chi connectivity index (χ2v) is 7.01. The van der Waals surface area contributed by atoms with Crippen LogP contribution in [-0.4, -0.2) is 16.9 Å². The topological polar surface area (TPSA) is 29.1 Å². The summed E-state index contributed by atoms with van der Waals surface area (Å²) in [6.07, 6.45) is 2.35. The third-order valence-electron chi connectivity index (χ3n) is 2.68. The summed E-state index contributed by atoms with van der Waals surface area (Å²) in [6, 6.07) is 6.06. The van der Waals surface area contributed by atoms with E-state index in [-0.39, 0.29) is 11.2 Å². The number of thioether (sulfide) groups is 1. The Morgan fingerprint density at radius 3 is 2.83 bits per heavy atom. The number of carbonyl (C=O) groups is 1. The minimum Gasteiger partial charge on any atom is -0.325 e. The monoisotopic (exact) mass is 377 g/mol. The molecule has 1 N–H and O–H groups in total. The van der Waals surface area contributed by atoms with E-state index in [2.05, 4.69) is 40.9 Å². The number of hydrogen-bond donors (Lipinski definition) is 1. The van der Waals surface area contributed by atoms with E-state index >= 15 is 0 Å². The van der Waals surface area contributed by atoms with Crippen LogP contribution >= 0.6 is 34.4 Å². The largest absolute Gasteiger partial charge is 0.325 e. The van der Waals surface area contributed by atoms with Gasteiger partial charge >= 0.3 is 0 Å². The van der Waals surface area contributed by atoms with E-state index in [1.807, 2.05) is 26.0 Å². The first-order chi connectivity index (χ1) is 8.54. The first kappa shape index (κ1) is 15.8. The molecule has 1 aromatic rings. The number of nitrogens with one attached hydrogen (secondary N) is 1. The van der Waals surface area contributed by atoms with Crippen LogP contribution in [0.15, 0.2) is 18.2 Å². The summed E-state index contributed by atoms with van der Waals surface area (Å²) in [6.45, 7) is 6.16. The van der Waals surface area contributed by atoms with Crippen LogP contribution < -0.4 is 5.32 Å².